The molecule has 0 radical (unpaired) electrons. The van der Waals surface area contributed by atoms with Gasteiger partial charge in [0.05, 0.1) is 5.69 Å². The highest BCUT2D eigenvalue weighted by atomic mass is 19.3. The first-order valence-electron chi connectivity index (χ1n) is 10.6. The number of rotatable bonds is 5. The molecule has 0 aliphatic carbocycles. The first kappa shape index (κ1) is 20.6. The third kappa shape index (κ3) is 4.71. The Morgan fingerprint density at radius 1 is 1.17 bits per heavy atom. The molecule has 9 heteroatoms. The van der Waals surface area contributed by atoms with E-state index in [9.17, 15) is 13.6 Å². The van der Waals surface area contributed by atoms with E-state index in [4.69, 9.17) is 4.74 Å². The van der Waals surface area contributed by atoms with Crippen LogP contribution in [-0.4, -0.2) is 51.8 Å². The number of hydrogen-bond donors (Lipinski definition) is 1. The first-order valence-corrected chi connectivity index (χ1v) is 10.6. The fourth-order valence-electron chi connectivity index (χ4n) is 4.22. The predicted molar refractivity (Wildman–Crippen MR) is 108 cm³/mol. The van der Waals surface area contributed by atoms with Crippen molar-refractivity contribution < 1.29 is 18.3 Å². The molecular formula is C21H27F2N5O2. The van der Waals surface area contributed by atoms with Crippen molar-refractivity contribution in [1.29, 1.82) is 0 Å². The van der Waals surface area contributed by atoms with Crippen LogP contribution in [0.15, 0.2) is 24.3 Å². The maximum absolute atomic E-state index is 12.9. The smallest absolute Gasteiger partial charge is 0.321 e. The lowest BCUT2D eigenvalue weighted by molar-refractivity contribution is 0.0822. The van der Waals surface area contributed by atoms with Crippen molar-refractivity contribution in [2.24, 2.45) is 0 Å². The van der Waals surface area contributed by atoms with E-state index in [0.29, 0.717) is 18.8 Å². The molecule has 2 aromatic rings. The number of aryl methyl sites for hydroxylation is 1. The molecule has 7 nitrogen and oxygen atoms in total. The second-order valence-electron chi connectivity index (χ2n) is 7.85. The van der Waals surface area contributed by atoms with Crippen molar-refractivity contribution in [2.75, 3.05) is 25.0 Å². The minimum absolute atomic E-state index is 0.147. The Bertz CT molecular complexity index is 873. The molecule has 1 saturated heterocycles. The molecule has 0 unspecified atom stereocenters. The van der Waals surface area contributed by atoms with Gasteiger partial charge in [-0.3, -0.25) is 0 Å². The topological polar surface area (TPSA) is 72.3 Å². The molecule has 3 heterocycles. The van der Waals surface area contributed by atoms with Gasteiger partial charge in [0.15, 0.2) is 0 Å². The molecule has 2 amide bonds. The fourth-order valence-corrected chi connectivity index (χ4v) is 4.22. The average molecular weight is 419 g/mol. The monoisotopic (exact) mass is 419 g/mol. The average Bonchev–Trinajstić information content (AvgIpc) is 3.01. The van der Waals surface area contributed by atoms with E-state index in [1.807, 2.05) is 0 Å². The van der Waals surface area contributed by atoms with Gasteiger partial charge in [0, 0.05) is 32.0 Å². The largest absolute Gasteiger partial charge is 0.485 e. The predicted octanol–water partition coefficient (Wildman–Crippen LogP) is 4.06. The van der Waals surface area contributed by atoms with Crippen molar-refractivity contribution in [3.8, 4) is 5.75 Å². The Morgan fingerprint density at radius 2 is 2.03 bits per heavy atom. The molecule has 0 spiro atoms. The zero-order valence-corrected chi connectivity index (χ0v) is 16.9. The number of ether oxygens (including phenoxy) is 1. The zero-order valence-electron chi connectivity index (χ0n) is 16.9. The number of fused-ring (bicyclic) bond motifs is 1. The van der Waals surface area contributed by atoms with E-state index < -0.39 is 13.0 Å². The summed E-state index contributed by atoms with van der Waals surface area (Å²) in [6.07, 6.45) is 3.71. The van der Waals surface area contributed by atoms with Crippen LogP contribution in [0.1, 0.15) is 49.7 Å². The summed E-state index contributed by atoms with van der Waals surface area (Å²) in [4.78, 5) is 14.6. The van der Waals surface area contributed by atoms with Gasteiger partial charge in [-0.25, -0.2) is 13.6 Å². The third-order valence-corrected chi connectivity index (χ3v) is 5.71. The highest BCUT2D eigenvalue weighted by Crippen LogP contribution is 2.29. The van der Waals surface area contributed by atoms with Gasteiger partial charge in [-0.05, 0) is 37.8 Å². The van der Waals surface area contributed by atoms with Gasteiger partial charge in [-0.2, -0.15) is 0 Å². The summed E-state index contributed by atoms with van der Waals surface area (Å²) in [5.41, 5.74) is 0.390. The van der Waals surface area contributed by atoms with Crippen molar-refractivity contribution in [1.82, 2.24) is 19.7 Å². The number of likely N-dealkylation sites (tertiary alicyclic amines) is 1. The molecule has 0 saturated carbocycles. The lowest BCUT2D eigenvalue weighted by atomic mass is 9.97. The number of urea groups is 1. The molecule has 30 heavy (non-hydrogen) atoms. The molecule has 0 bridgehead atoms. The SMILES string of the molecule is O=C(Nc1ccccc1OCC(F)F)N1CCC[C@@H](c2nnc3n2CCCCC3)C1. The number of para-hydroxylation sites is 2. The molecule has 1 N–H and O–H groups in total. The lowest BCUT2D eigenvalue weighted by Gasteiger charge is -2.32. The molecule has 4 rings (SSSR count). The number of amides is 2. The number of carbonyl (C=O) groups excluding carboxylic acids is 1. The number of benzene rings is 1. The molecule has 2 aliphatic heterocycles. The van der Waals surface area contributed by atoms with Gasteiger partial charge in [0.25, 0.3) is 6.43 Å². The minimum atomic E-state index is -2.57. The number of halogens is 2. The Morgan fingerprint density at radius 3 is 2.90 bits per heavy atom. The standard InChI is InChI=1S/C21H27F2N5O2/c22-18(23)14-30-17-9-4-3-8-16(17)24-21(29)27-11-6-7-15(13-27)20-26-25-19-10-2-1-5-12-28(19)20/h3-4,8-9,15,18H,1-2,5-7,10-14H2,(H,24,29)/t15-/m1/s1. The molecule has 162 valence electrons. The number of aromatic nitrogens is 3. The highest BCUT2D eigenvalue weighted by molar-refractivity contribution is 5.91. The van der Waals surface area contributed by atoms with Crippen LogP contribution in [0.4, 0.5) is 19.3 Å². The number of hydrogen-bond acceptors (Lipinski definition) is 4. The summed E-state index contributed by atoms with van der Waals surface area (Å²) in [6.45, 7) is 1.43. The zero-order chi connectivity index (χ0) is 20.9. The second kappa shape index (κ2) is 9.40. The number of carbonyl (C=O) groups is 1. The maximum atomic E-state index is 12.9. The quantitative estimate of drug-likeness (QED) is 0.793. The molecule has 1 atom stereocenters. The van der Waals surface area contributed by atoms with Crippen molar-refractivity contribution in [3.05, 3.63) is 35.9 Å². The lowest BCUT2D eigenvalue weighted by Crippen LogP contribution is -2.42. The Kier molecular flexibility index (Phi) is 6.44. The summed E-state index contributed by atoms with van der Waals surface area (Å²) >= 11 is 0. The number of piperidine rings is 1. The summed E-state index contributed by atoms with van der Waals surface area (Å²) in [5, 5.41) is 11.7. The third-order valence-electron chi connectivity index (χ3n) is 5.71. The Hall–Kier alpha value is -2.71. The summed E-state index contributed by atoms with van der Waals surface area (Å²) < 4.78 is 32.4. The van der Waals surface area contributed by atoms with Crippen molar-refractivity contribution >= 4 is 11.7 Å². The van der Waals surface area contributed by atoms with Crippen molar-refractivity contribution in [3.63, 3.8) is 0 Å². The van der Waals surface area contributed by atoms with Gasteiger partial charge in [0.1, 0.15) is 24.0 Å². The summed E-state index contributed by atoms with van der Waals surface area (Å²) in [7, 11) is 0. The van der Waals surface area contributed by atoms with Crippen LogP contribution < -0.4 is 10.1 Å². The summed E-state index contributed by atoms with van der Waals surface area (Å²) in [6, 6.07) is 6.38. The maximum Gasteiger partial charge on any atom is 0.321 e. The van der Waals surface area contributed by atoms with E-state index in [1.54, 1.807) is 29.2 Å². The van der Waals surface area contributed by atoms with Crippen LogP contribution >= 0.6 is 0 Å². The van der Waals surface area contributed by atoms with E-state index in [2.05, 4.69) is 20.1 Å². The van der Waals surface area contributed by atoms with Crippen molar-refractivity contribution in [2.45, 2.75) is 57.4 Å². The number of nitrogens with zero attached hydrogens (tertiary/aromatic N) is 4. The normalized spacial score (nSPS) is 19.3. The molecule has 2 aliphatic rings. The van der Waals surface area contributed by atoms with E-state index in [1.165, 1.54) is 6.42 Å². The Labute approximate surface area is 174 Å². The highest BCUT2D eigenvalue weighted by Gasteiger charge is 2.29. The van der Waals surface area contributed by atoms with Crippen LogP contribution in [0.5, 0.6) is 5.75 Å². The van der Waals surface area contributed by atoms with Gasteiger partial charge in [-0.1, -0.05) is 18.6 Å². The van der Waals surface area contributed by atoms with Crippen LogP contribution in [0, 0.1) is 0 Å². The van der Waals surface area contributed by atoms with Gasteiger partial charge >= 0.3 is 6.03 Å². The molecular weight excluding hydrogens is 392 g/mol. The van der Waals surface area contributed by atoms with Crippen LogP contribution in [0.3, 0.4) is 0 Å². The fraction of sp³-hybridized carbons (Fsp3) is 0.571. The van der Waals surface area contributed by atoms with Gasteiger partial charge in [-0.15, -0.1) is 10.2 Å². The summed E-state index contributed by atoms with van der Waals surface area (Å²) in [5.74, 6) is 2.41. The van der Waals surface area contributed by atoms with Crippen LogP contribution in [0.2, 0.25) is 0 Å². The number of nitrogens with one attached hydrogen (secondary N) is 1. The Balaban J connectivity index is 1.43. The number of alkyl halides is 2. The van der Waals surface area contributed by atoms with Gasteiger partial charge in [0.2, 0.25) is 0 Å². The van der Waals surface area contributed by atoms with Gasteiger partial charge < -0.3 is 19.5 Å². The molecule has 1 aromatic carbocycles. The second-order valence-corrected chi connectivity index (χ2v) is 7.85. The first-order chi connectivity index (χ1) is 14.6. The minimum Gasteiger partial charge on any atom is -0.485 e. The van der Waals surface area contributed by atoms with E-state index in [-0.39, 0.29) is 17.7 Å². The molecule has 1 fully saturated rings. The number of anilines is 1. The molecule has 1 aromatic heterocycles. The van der Waals surface area contributed by atoms with E-state index >= 15 is 0 Å². The van der Waals surface area contributed by atoms with Crippen LogP contribution in [0.25, 0.3) is 0 Å². The van der Waals surface area contributed by atoms with E-state index in [0.717, 1.165) is 50.3 Å². The van der Waals surface area contributed by atoms with Crippen LogP contribution in [-0.2, 0) is 13.0 Å².